The molecule has 0 radical (unpaired) electrons. The quantitative estimate of drug-likeness (QED) is 0.845. The molecule has 108 valence electrons. The van der Waals surface area contributed by atoms with Gasteiger partial charge in [-0.2, -0.15) is 0 Å². The van der Waals surface area contributed by atoms with Gasteiger partial charge >= 0.3 is 0 Å². The fraction of sp³-hybridized carbons (Fsp3) is 0.938. The first-order chi connectivity index (χ1) is 8.84. The van der Waals surface area contributed by atoms with Crippen LogP contribution in [0.1, 0.15) is 52.9 Å². The Labute approximate surface area is 117 Å². The van der Waals surface area contributed by atoms with Crippen molar-refractivity contribution < 1.29 is 4.79 Å². The molecule has 1 N–H and O–H groups in total. The Balaban J connectivity index is 1.61. The van der Waals surface area contributed by atoms with Gasteiger partial charge in [0.15, 0.2) is 0 Å². The Morgan fingerprint density at radius 1 is 1.26 bits per heavy atom. The summed E-state index contributed by atoms with van der Waals surface area (Å²) in [6, 6.07) is 1.02. The minimum absolute atomic E-state index is 0.268. The fourth-order valence-electron chi connectivity index (χ4n) is 4.79. The van der Waals surface area contributed by atoms with E-state index in [4.69, 9.17) is 0 Å². The topological polar surface area (TPSA) is 32.3 Å². The zero-order valence-electron chi connectivity index (χ0n) is 12.8. The molecule has 1 amide bonds. The van der Waals surface area contributed by atoms with E-state index in [9.17, 15) is 4.79 Å². The summed E-state index contributed by atoms with van der Waals surface area (Å²) in [5, 5.41) is 3.62. The highest BCUT2D eigenvalue weighted by atomic mass is 16.2. The number of carbonyl (C=O) groups is 1. The lowest BCUT2D eigenvalue weighted by Crippen LogP contribution is -2.53. The van der Waals surface area contributed by atoms with Gasteiger partial charge in [-0.15, -0.1) is 0 Å². The number of nitrogens with zero attached hydrogens (tertiary/aromatic N) is 1. The first kappa shape index (κ1) is 13.4. The number of carbonyl (C=O) groups excluding carboxylic acids is 1. The van der Waals surface area contributed by atoms with E-state index in [2.05, 4.69) is 26.1 Å². The molecule has 3 nitrogen and oxygen atoms in total. The number of hydrogen-bond acceptors (Lipinski definition) is 2. The first-order valence-corrected chi connectivity index (χ1v) is 7.84. The molecule has 2 bridgehead atoms. The summed E-state index contributed by atoms with van der Waals surface area (Å²) >= 11 is 0. The molecule has 0 heterocycles. The highest BCUT2D eigenvalue weighted by Crippen LogP contribution is 2.62. The van der Waals surface area contributed by atoms with Crippen LogP contribution in [0.5, 0.6) is 0 Å². The molecular weight excluding hydrogens is 236 g/mol. The monoisotopic (exact) mass is 264 g/mol. The maximum Gasteiger partial charge on any atom is 0.236 e. The van der Waals surface area contributed by atoms with Gasteiger partial charge in [0.25, 0.3) is 0 Å². The van der Waals surface area contributed by atoms with Gasteiger partial charge in [0.2, 0.25) is 5.91 Å². The molecule has 3 rings (SSSR count). The zero-order valence-corrected chi connectivity index (χ0v) is 12.8. The van der Waals surface area contributed by atoms with Crippen molar-refractivity contribution in [2.24, 2.45) is 16.7 Å². The molecule has 19 heavy (non-hydrogen) atoms. The van der Waals surface area contributed by atoms with Crippen molar-refractivity contribution in [2.75, 3.05) is 13.6 Å². The number of likely N-dealkylation sites (N-methyl/N-ethyl adjacent to an activating group) is 1. The average Bonchev–Trinajstić information content (AvgIpc) is 3.07. The van der Waals surface area contributed by atoms with Gasteiger partial charge in [-0.25, -0.2) is 0 Å². The van der Waals surface area contributed by atoms with E-state index in [1.807, 2.05) is 11.9 Å². The predicted molar refractivity (Wildman–Crippen MR) is 76.8 cm³/mol. The van der Waals surface area contributed by atoms with Gasteiger partial charge in [0, 0.05) is 19.1 Å². The summed E-state index contributed by atoms with van der Waals surface area (Å²) in [4.78, 5) is 14.1. The molecule has 0 aromatic carbocycles. The van der Waals surface area contributed by atoms with Crippen LogP contribution < -0.4 is 5.32 Å². The van der Waals surface area contributed by atoms with E-state index < -0.39 is 0 Å². The van der Waals surface area contributed by atoms with Crippen LogP contribution >= 0.6 is 0 Å². The summed E-state index contributed by atoms with van der Waals surface area (Å²) in [5.41, 5.74) is 0.748. The van der Waals surface area contributed by atoms with Crippen molar-refractivity contribution in [3.05, 3.63) is 0 Å². The number of fused-ring (bicyclic) bond motifs is 2. The third-order valence-electron chi connectivity index (χ3n) is 6.22. The molecule has 3 aliphatic rings. The molecule has 0 spiro atoms. The Morgan fingerprint density at radius 2 is 1.95 bits per heavy atom. The Hall–Kier alpha value is -0.570. The summed E-state index contributed by atoms with van der Waals surface area (Å²) in [6.45, 7) is 7.70. The third-order valence-corrected chi connectivity index (χ3v) is 6.22. The van der Waals surface area contributed by atoms with Gasteiger partial charge in [0.1, 0.15) is 0 Å². The fourth-order valence-corrected chi connectivity index (χ4v) is 4.79. The minimum atomic E-state index is 0.268. The smallest absolute Gasteiger partial charge is 0.236 e. The molecule has 0 aliphatic heterocycles. The van der Waals surface area contributed by atoms with Gasteiger partial charge in [0.05, 0.1) is 6.54 Å². The van der Waals surface area contributed by atoms with Crippen LogP contribution in [-0.2, 0) is 4.79 Å². The second-order valence-electron chi connectivity index (χ2n) is 7.96. The average molecular weight is 264 g/mol. The Bertz CT molecular complexity index is 383. The molecule has 3 fully saturated rings. The maximum absolute atomic E-state index is 12.2. The SMILES string of the molecule is CN(C(=O)CNC1C2(C)CCC(C2)C1(C)C)C1CC1. The Morgan fingerprint density at radius 3 is 2.47 bits per heavy atom. The van der Waals surface area contributed by atoms with E-state index in [1.165, 1.54) is 32.1 Å². The number of amides is 1. The van der Waals surface area contributed by atoms with Crippen molar-refractivity contribution in [2.45, 2.75) is 65.0 Å². The lowest BCUT2D eigenvalue weighted by Gasteiger charge is -2.43. The zero-order chi connectivity index (χ0) is 13.8. The molecular formula is C16H28N2O. The van der Waals surface area contributed by atoms with E-state index in [0.717, 1.165) is 5.92 Å². The normalized spacial score (nSPS) is 39.6. The second kappa shape index (κ2) is 4.21. The lowest BCUT2D eigenvalue weighted by molar-refractivity contribution is -0.129. The number of hydrogen-bond donors (Lipinski definition) is 1. The first-order valence-electron chi connectivity index (χ1n) is 7.84. The van der Waals surface area contributed by atoms with Gasteiger partial charge in [-0.05, 0) is 48.9 Å². The van der Waals surface area contributed by atoms with Crippen molar-refractivity contribution in [3.8, 4) is 0 Å². The molecule has 0 aromatic heterocycles. The van der Waals surface area contributed by atoms with E-state index in [1.54, 1.807) is 0 Å². The van der Waals surface area contributed by atoms with Crippen LogP contribution in [0.3, 0.4) is 0 Å². The van der Waals surface area contributed by atoms with Crippen LogP contribution in [-0.4, -0.2) is 36.5 Å². The highest BCUT2D eigenvalue weighted by Gasteiger charge is 2.59. The number of nitrogens with one attached hydrogen (secondary N) is 1. The van der Waals surface area contributed by atoms with Crippen molar-refractivity contribution in [1.82, 2.24) is 10.2 Å². The second-order valence-corrected chi connectivity index (χ2v) is 7.96. The Kier molecular flexibility index (Phi) is 2.97. The van der Waals surface area contributed by atoms with Crippen LogP contribution in [0.2, 0.25) is 0 Å². The summed E-state index contributed by atoms with van der Waals surface area (Å²) < 4.78 is 0. The molecule has 0 saturated heterocycles. The van der Waals surface area contributed by atoms with Crippen LogP contribution in [0.25, 0.3) is 0 Å². The molecule has 0 aromatic rings. The van der Waals surface area contributed by atoms with Crippen LogP contribution in [0, 0.1) is 16.7 Å². The van der Waals surface area contributed by atoms with Crippen molar-refractivity contribution >= 4 is 5.91 Å². The van der Waals surface area contributed by atoms with Crippen LogP contribution in [0.15, 0.2) is 0 Å². The molecule has 3 unspecified atom stereocenters. The van der Waals surface area contributed by atoms with Gasteiger partial charge < -0.3 is 10.2 Å². The van der Waals surface area contributed by atoms with E-state index in [-0.39, 0.29) is 5.91 Å². The molecule has 3 aliphatic carbocycles. The van der Waals surface area contributed by atoms with Crippen molar-refractivity contribution in [1.29, 1.82) is 0 Å². The molecule has 3 atom stereocenters. The minimum Gasteiger partial charge on any atom is -0.342 e. The van der Waals surface area contributed by atoms with E-state index >= 15 is 0 Å². The predicted octanol–water partition coefficient (Wildman–Crippen LogP) is 2.41. The summed E-state index contributed by atoms with van der Waals surface area (Å²) in [6.07, 6.45) is 6.42. The highest BCUT2D eigenvalue weighted by molar-refractivity contribution is 5.78. The largest absolute Gasteiger partial charge is 0.342 e. The summed E-state index contributed by atoms with van der Waals surface area (Å²) in [7, 11) is 1.95. The van der Waals surface area contributed by atoms with Gasteiger partial charge in [-0.1, -0.05) is 20.8 Å². The van der Waals surface area contributed by atoms with Crippen LogP contribution in [0.4, 0.5) is 0 Å². The van der Waals surface area contributed by atoms with E-state index in [0.29, 0.717) is 29.5 Å². The third kappa shape index (κ3) is 2.10. The molecule has 3 heteroatoms. The van der Waals surface area contributed by atoms with Crippen molar-refractivity contribution in [3.63, 3.8) is 0 Å². The maximum atomic E-state index is 12.2. The standard InChI is InChI=1S/C16H28N2O/c1-15(2)11-7-8-16(3,9-11)14(15)17-10-13(19)18(4)12-5-6-12/h11-12,14,17H,5-10H2,1-4H3. The summed E-state index contributed by atoms with van der Waals surface area (Å²) in [5.74, 6) is 1.11. The lowest BCUT2D eigenvalue weighted by atomic mass is 9.68. The number of rotatable bonds is 4. The van der Waals surface area contributed by atoms with Gasteiger partial charge in [-0.3, -0.25) is 4.79 Å². The molecule has 3 saturated carbocycles.